The van der Waals surface area contributed by atoms with Crippen LogP contribution in [-0.4, -0.2) is 29.7 Å². The van der Waals surface area contributed by atoms with E-state index < -0.39 is 13.1 Å². The molecule has 15 heavy (non-hydrogen) atoms. The summed E-state index contributed by atoms with van der Waals surface area (Å²) in [6.07, 6.45) is 0. The number of carboxylic acids is 1. The largest absolute Gasteiger partial charge is 0.563 e. The van der Waals surface area contributed by atoms with Crippen molar-refractivity contribution in [1.29, 1.82) is 0 Å². The van der Waals surface area contributed by atoms with Crippen molar-refractivity contribution in [3.63, 3.8) is 0 Å². The summed E-state index contributed by atoms with van der Waals surface area (Å²) >= 11 is 0. The average molecular weight is 208 g/mol. The number of hydrogen-bond acceptors (Lipinski definition) is 4. The lowest BCUT2D eigenvalue weighted by molar-refractivity contribution is 0.0692. The van der Waals surface area contributed by atoms with Gasteiger partial charge in [0.25, 0.3) is 0 Å². The molecule has 0 amide bonds. The van der Waals surface area contributed by atoms with Gasteiger partial charge in [0.2, 0.25) is 0 Å². The summed E-state index contributed by atoms with van der Waals surface area (Å²) in [6, 6.07) is 3.27. The molecule has 0 bridgehead atoms. The summed E-state index contributed by atoms with van der Waals surface area (Å²) in [7, 11) is -1.11. The molecule has 78 valence electrons. The molecule has 0 fully saturated rings. The number of fused-ring (bicyclic) bond motifs is 1. The maximum absolute atomic E-state index is 11.0. The molecule has 6 heteroatoms. The van der Waals surface area contributed by atoms with Crippen LogP contribution in [0.1, 0.15) is 15.9 Å². The van der Waals surface area contributed by atoms with Gasteiger partial charge >= 0.3 is 13.1 Å². The third kappa shape index (κ3) is 1.63. The van der Waals surface area contributed by atoms with Crippen molar-refractivity contribution in [2.45, 2.75) is 6.92 Å². The van der Waals surface area contributed by atoms with Gasteiger partial charge in [-0.15, -0.1) is 0 Å². The summed E-state index contributed by atoms with van der Waals surface area (Å²) in [5, 5.41) is 18.2. The van der Waals surface area contributed by atoms with E-state index in [2.05, 4.69) is 0 Å². The fraction of sp³-hybridized carbons (Fsp3) is 0.222. The minimum atomic E-state index is -1.11. The summed E-state index contributed by atoms with van der Waals surface area (Å²) in [5.41, 5.74) is 0.602. The Kier molecular flexibility index (Phi) is 2.28. The molecule has 5 nitrogen and oxygen atoms in total. The third-order valence-corrected chi connectivity index (χ3v) is 2.18. The summed E-state index contributed by atoms with van der Waals surface area (Å²) in [6.45, 7) is 1.67. The van der Waals surface area contributed by atoms with Crippen molar-refractivity contribution < 1.29 is 24.3 Å². The second-order valence-corrected chi connectivity index (χ2v) is 3.27. The Morgan fingerprint density at radius 3 is 2.93 bits per heavy atom. The fourth-order valence-electron chi connectivity index (χ4n) is 1.49. The van der Waals surface area contributed by atoms with E-state index in [0.717, 1.165) is 0 Å². The molecular weight excluding hydrogens is 199 g/mol. The fourth-order valence-corrected chi connectivity index (χ4v) is 1.49. The quantitative estimate of drug-likeness (QED) is 0.656. The summed E-state index contributed by atoms with van der Waals surface area (Å²) in [5.74, 6) is -0.647. The van der Waals surface area contributed by atoms with Gasteiger partial charge in [-0.05, 0) is 18.6 Å². The number of benzene rings is 1. The molecule has 0 spiro atoms. The molecule has 1 heterocycles. The van der Waals surface area contributed by atoms with Crippen molar-refractivity contribution in [3.8, 4) is 11.5 Å². The lowest BCUT2D eigenvalue weighted by Gasteiger charge is -2.22. The number of hydrogen-bond donors (Lipinski definition) is 2. The standard InChI is InChI=1S/C9H9BO5/c1-5-2-3-6-8(7(5)9(11)12)15-10(13)4-14-6/h2-3,13H,4H2,1H3,(H,11,12). The molecule has 0 radical (unpaired) electrons. The Labute approximate surface area is 86.4 Å². The number of carbonyl (C=O) groups is 1. The summed E-state index contributed by atoms with van der Waals surface area (Å²) < 4.78 is 10.2. The zero-order valence-corrected chi connectivity index (χ0v) is 8.06. The van der Waals surface area contributed by atoms with Gasteiger partial charge in [-0.3, -0.25) is 0 Å². The van der Waals surface area contributed by atoms with Gasteiger partial charge in [0.15, 0.2) is 11.5 Å². The van der Waals surface area contributed by atoms with E-state index in [4.69, 9.17) is 14.5 Å². The first-order valence-electron chi connectivity index (χ1n) is 4.44. The van der Waals surface area contributed by atoms with Crippen molar-refractivity contribution in [2.75, 3.05) is 6.51 Å². The van der Waals surface area contributed by atoms with E-state index in [-0.39, 0.29) is 17.8 Å². The van der Waals surface area contributed by atoms with Crippen LogP contribution in [0.3, 0.4) is 0 Å². The predicted molar refractivity (Wildman–Crippen MR) is 52.2 cm³/mol. The molecule has 0 aliphatic carbocycles. The number of carboxylic acid groups (broad SMARTS) is 1. The van der Waals surface area contributed by atoms with Gasteiger partial charge < -0.3 is 19.5 Å². The second-order valence-electron chi connectivity index (χ2n) is 3.27. The Bertz CT molecular complexity index is 417. The molecule has 1 aromatic rings. The van der Waals surface area contributed by atoms with Crippen LogP contribution in [-0.2, 0) is 0 Å². The smallest absolute Gasteiger partial charge is 0.531 e. The Hall–Kier alpha value is -1.69. The molecule has 0 saturated carbocycles. The van der Waals surface area contributed by atoms with Gasteiger partial charge in [0.05, 0.1) is 0 Å². The van der Waals surface area contributed by atoms with Gasteiger partial charge in [-0.2, -0.15) is 0 Å². The molecule has 0 unspecified atom stereocenters. The molecular formula is C9H9BO5. The number of aromatic carboxylic acids is 1. The van der Waals surface area contributed by atoms with Crippen molar-refractivity contribution in [3.05, 3.63) is 23.3 Å². The molecule has 2 rings (SSSR count). The van der Waals surface area contributed by atoms with Crippen LogP contribution in [0.25, 0.3) is 0 Å². The van der Waals surface area contributed by atoms with Crippen LogP contribution in [0.5, 0.6) is 11.5 Å². The minimum absolute atomic E-state index is 0.00905. The van der Waals surface area contributed by atoms with E-state index in [0.29, 0.717) is 11.3 Å². The molecule has 1 aliphatic heterocycles. The number of aryl methyl sites for hydroxylation is 1. The third-order valence-electron chi connectivity index (χ3n) is 2.18. The van der Waals surface area contributed by atoms with E-state index in [1.54, 1.807) is 19.1 Å². The highest BCUT2D eigenvalue weighted by Gasteiger charge is 2.29. The predicted octanol–water partition coefficient (Wildman–Crippen LogP) is 0.484. The van der Waals surface area contributed by atoms with E-state index in [1.807, 2.05) is 0 Å². The SMILES string of the molecule is Cc1ccc2c(c1C(=O)O)OB(O)CO2. The Balaban J connectivity index is 2.57. The normalized spacial score (nSPS) is 13.9. The molecule has 1 aliphatic rings. The molecule has 2 N–H and O–H groups in total. The van der Waals surface area contributed by atoms with Crippen LogP contribution in [0.2, 0.25) is 0 Å². The lowest BCUT2D eigenvalue weighted by atomic mass is 9.91. The maximum atomic E-state index is 11.0. The average Bonchev–Trinajstić information content (AvgIpc) is 2.16. The van der Waals surface area contributed by atoms with E-state index in [1.165, 1.54) is 0 Å². The van der Waals surface area contributed by atoms with Gasteiger partial charge in [-0.25, -0.2) is 4.79 Å². The molecule has 0 saturated heterocycles. The van der Waals surface area contributed by atoms with Crippen molar-refractivity contribution in [1.82, 2.24) is 0 Å². The first kappa shape index (κ1) is 9.85. The Morgan fingerprint density at radius 2 is 2.27 bits per heavy atom. The minimum Gasteiger partial charge on any atom is -0.531 e. The van der Waals surface area contributed by atoms with E-state index >= 15 is 0 Å². The second kappa shape index (κ2) is 3.47. The van der Waals surface area contributed by atoms with Crippen LogP contribution >= 0.6 is 0 Å². The molecule has 0 aromatic heterocycles. The lowest BCUT2D eigenvalue weighted by Crippen LogP contribution is -2.34. The van der Waals surface area contributed by atoms with Gasteiger partial charge in [0.1, 0.15) is 12.1 Å². The topological polar surface area (TPSA) is 76.0 Å². The van der Waals surface area contributed by atoms with Crippen molar-refractivity contribution >= 4 is 13.1 Å². The summed E-state index contributed by atoms with van der Waals surface area (Å²) in [4.78, 5) is 11.0. The maximum Gasteiger partial charge on any atom is 0.563 e. The van der Waals surface area contributed by atoms with Crippen LogP contribution in [0.4, 0.5) is 0 Å². The van der Waals surface area contributed by atoms with Gasteiger partial charge in [0, 0.05) is 0 Å². The highest BCUT2D eigenvalue weighted by atomic mass is 16.6. The van der Waals surface area contributed by atoms with E-state index in [9.17, 15) is 9.82 Å². The highest BCUT2D eigenvalue weighted by molar-refractivity contribution is 6.44. The molecule has 1 aromatic carbocycles. The van der Waals surface area contributed by atoms with Crippen molar-refractivity contribution in [2.24, 2.45) is 0 Å². The zero-order valence-electron chi connectivity index (χ0n) is 8.06. The number of ether oxygens (including phenoxy) is 1. The Morgan fingerprint density at radius 1 is 1.53 bits per heavy atom. The zero-order chi connectivity index (χ0) is 11.0. The first-order chi connectivity index (χ1) is 7.09. The molecule has 0 atom stereocenters. The van der Waals surface area contributed by atoms with Crippen LogP contribution in [0, 0.1) is 6.92 Å². The first-order valence-corrected chi connectivity index (χ1v) is 4.44. The number of rotatable bonds is 1. The van der Waals surface area contributed by atoms with Crippen LogP contribution in [0.15, 0.2) is 12.1 Å². The monoisotopic (exact) mass is 208 g/mol. The van der Waals surface area contributed by atoms with Crippen LogP contribution < -0.4 is 9.39 Å². The van der Waals surface area contributed by atoms with Gasteiger partial charge in [-0.1, -0.05) is 6.07 Å². The highest BCUT2D eigenvalue weighted by Crippen LogP contribution is 2.36.